The molecule has 0 bridgehead atoms. The quantitative estimate of drug-likeness (QED) is 0.628. The third-order valence-electron chi connectivity index (χ3n) is 2.40. The second-order valence-corrected chi connectivity index (χ2v) is 3.66. The Morgan fingerprint density at radius 3 is 2.71 bits per heavy atom. The highest BCUT2D eigenvalue weighted by molar-refractivity contribution is 5.77. The molecule has 1 rings (SSSR count). The summed E-state index contributed by atoms with van der Waals surface area (Å²) < 4.78 is 0. The first-order valence-electron chi connectivity index (χ1n) is 5.51. The fourth-order valence-corrected chi connectivity index (χ4v) is 1.55. The summed E-state index contributed by atoms with van der Waals surface area (Å²) in [6, 6.07) is 0. The summed E-state index contributed by atoms with van der Waals surface area (Å²) in [5.74, 6) is 0.250. The molecule has 0 saturated carbocycles. The molecule has 0 N–H and O–H groups in total. The molecule has 1 saturated heterocycles. The van der Waals surface area contributed by atoms with Crippen molar-refractivity contribution < 1.29 is 4.79 Å². The number of likely N-dealkylation sites (tertiary alicyclic amines) is 1. The summed E-state index contributed by atoms with van der Waals surface area (Å²) in [4.78, 5) is 13.5. The minimum Gasteiger partial charge on any atom is -0.342 e. The van der Waals surface area contributed by atoms with Gasteiger partial charge in [0.05, 0.1) is 6.42 Å². The van der Waals surface area contributed by atoms with E-state index in [-0.39, 0.29) is 5.91 Å². The Balaban J connectivity index is 2.23. The Kier molecular flexibility index (Phi) is 5.09. The Bertz CT molecular complexity index is 233. The van der Waals surface area contributed by atoms with Gasteiger partial charge in [-0.05, 0) is 31.4 Å². The standard InChI is InChI=1S/C12H19NO/c1-2-3-4-5-6-9-12(14)13-10-7-8-11-13/h4,6H,2-3,7-11H2,1H3. The van der Waals surface area contributed by atoms with Crippen LogP contribution < -0.4 is 0 Å². The highest BCUT2D eigenvalue weighted by Crippen LogP contribution is 2.08. The van der Waals surface area contributed by atoms with Crippen LogP contribution in [0.25, 0.3) is 0 Å². The lowest BCUT2D eigenvalue weighted by Gasteiger charge is -2.12. The molecule has 1 heterocycles. The van der Waals surface area contributed by atoms with Crippen molar-refractivity contribution in [1.29, 1.82) is 0 Å². The van der Waals surface area contributed by atoms with Crippen molar-refractivity contribution in [3.05, 3.63) is 17.9 Å². The molecule has 78 valence electrons. The minimum atomic E-state index is 0.250. The molecule has 1 amide bonds. The fraction of sp³-hybridized carbons (Fsp3) is 0.667. The van der Waals surface area contributed by atoms with Crippen LogP contribution in [0.4, 0.5) is 0 Å². The van der Waals surface area contributed by atoms with Crippen molar-refractivity contribution >= 4 is 5.91 Å². The predicted octanol–water partition coefficient (Wildman–Crippen LogP) is 2.51. The average molecular weight is 193 g/mol. The number of hydrogen-bond acceptors (Lipinski definition) is 1. The number of hydrogen-bond donors (Lipinski definition) is 0. The molecule has 0 aliphatic carbocycles. The van der Waals surface area contributed by atoms with Crippen LogP contribution in [0.3, 0.4) is 0 Å². The van der Waals surface area contributed by atoms with Crippen LogP contribution in [0.1, 0.15) is 39.0 Å². The molecule has 0 aromatic rings. The van der Waals surface area contributed by atoms with Gasteiger partial charge in [0.25, 0.3) is 0 Å². The number of amides is 1. The van der Waals surface area contributed by atoms with Gasteiger partial charge in [0.1, 0.15) is 0 Å². The van der Waals surface area contributed by atoms with Gasteiger partial charge in [-0.15, -0.1) is 5.73 Å². The molecular weight excluding hydrogens is 174 g/mol. The van der Waals surface area contributed by atoms with Crippen molar-refractivity contribution in [3.8, 4) is 0 Å². The molecule has 1 aliphatic rings. The van der Waals surface area contributed by atoms with Gasteiger partial charge in [-0.2, -0.15) is 0 Å². The first-order chi connectivity index (χ1) is 6.84. The molecule has 0 spiro atoms. The largest absolute Gasteiger partial charge is 0.342 e. The van der Waals surface area contributed by atoms with Crippen LogP contribution >= 0.6 is 0 Å². The summed E-state index contributed by atoms with van der Waals surface area (Å²) in [5, 5.41) is 0. The number of nitrogens with zero attached hydrogens (tertiary/aromatic N) is 1. The van der Waals surface area contributed by atoms with Crippen LogP contribution in [0.5, 0.6) is 0 Å². The second kappa shape index (κ2) is 6.44. The maximum atomic E-state index is 11.5. The Hall–Kier alpha value is -1.01. The molecule has 0 unspecified atom stereocenters. The molecule has 0 aromatic heterocycles. The van der Waals surface area contributed by atoms with Crippen molar-refractivity contribution in [3.63, 3.8) is 0 Å². The van der Waals surface area contributed by atoms with Crippen LogP contribution in [-0.4, -0.2) is 23.9 Å². The Morgan fingerprint density at radius 2 is 2.07 bits per heavy atom. The zero-order valence-electron chi connectivity index (χ0n) is 8.96. The summed E-state index contributed by atoms with van der Waals surface area (Å²) >= 11 is 0. The van der Waals surface area contributed by atoms with E-state index >= 15 is 0 Å². The molecule has 14 heavy (non-hydrogen) atoms. The van der Waals surface area contributed by atoms with Gasteiger partial charge in [-0.25, -0.2) is 0 Å². The Labute approximate surface area is 86.3 Å². The average Bonchev–Trinajstić information content (AvgIpc) is 2.70. The number of unbranched alkanes of at least 4 members (excludes halogenated alkanes) is 1. The van der Waals surface area contributed by atoms with E-state index in [1.165, 1.54) is 12.8 Å². The SMILES string of the molecule is CCCC=C=CCC(=O)N1CCCC1. The topological polar surface area (TPSA) is 20.3 Å². The summed E-state index contributed by atoms with van der Waals surface area (Å²) in [6.45, 7) is 4.03. The number of carbonyl (C=O) groups is 1. The summed E-state index contributed by atoms with van der Waals surface area (Å²) in [7, 11) is 0. The van der Waals surface area contributed by atoms with E-state index in [2.05, 4.69) is 12.7 Å². The first kappa shape index (κ1) is 11.1. The van der Waals surface area contributed by atoms with Gasteiger partial charge in [0.2, 0.25) is 5.91 Å². The molecule has 0 atom stereocenters. The van der Waals surface area contributed by atoms with Gasteiger partial charge in [-0.3, -0.25) is 4.79 Å². The zero-order chi connectivity index (χ0) is 10.2. The van der Waals surface area contributed by atoms with E-state index < -0.39 is 0 Å². The van der Waals surface area contributed by atoms with E-state index in [9.17, 15) is 4.79 Å². The normalized spacial score (nSPS) is 15.1. The molecule has 0 radical (unpaired) electrons. The molecular formula is C12H19NO. The predicted molar refractivity (Wildman–Crippen MR) is 58.0 cm³/mol. The van der Waals surface area contributed by atoms with Crippen LogP contribution in [0.15, 0.2) is 17.9 Å². The third-order valence-corrected chi connectivity index (χ3v) is 2.40. The molecule has 2 nitrogen and oxygen atoms in total. The second-order valence-electron chi connectivity index (χ2n) is 3.66. The minimum absolute atomic E-state index is 0.250. The smallest absolute Gasteiger partial charge is 0.227 e. The highest BCUT2D eigenvalue weighted by Gasteiger charge is 2.15. The van der Waals surface area contributed by atoms with Crippen molar-refractivity contribution in [2.45, 2.75) is 39.0 Å². The lowest BCUT2D eigenvalue weighted by molar-refractivity contribution is -0.129. The van der Waals surface area contributed by atoms with Gasteiger partial charge in [0, 0.05) is 13.1 Å². The van der Waals surface area contributed by atoms with E-state index in [4.69, 9.17) is 0 Å². The summed E-state index contributed by atoms with van der Waals surface area (Å²) in [5.41, 5.74) is 3.04. The first-order valence-corrected chi connectivity index (χ1v) is 5.51. The van der Waals surface area contributed by atoms with Crippen molar-refractivity contribution in [2.75, 3.05) is 13.1 Å². The van der Waals surface area contributed by atoms with Gasteiger partial charge in [0.15, 0.2) is 0 Å². The van der Waals surface area contributed by atoms with Crippen molar-refractivity contribution in [1.82, 2.24) is 4.90 Å². The lowest BCUT2D eigenvalue weighted by atomic mass is 10.3. The summed E-state index contributed by atoms with van der Waals surface area (Å²) in [6.07, 6.45) is 8.88. The van der Waals surface area contributed by atoms with Crippen LogP contribution in [-0.2, 0) is 4.79 Å². The van der Waals surface area contributed by atoms with E-state index in [1.807, 2.05) is 17.1 Å². The van der Waals surface area contributed by atoms with E-state index in [0.717, 1.165) is 25.9 Å². The fourth-order valence-electron chi connectivity index (χ4n) is 1.55. The van der Waals surface area contributed by atoms with Crippen LogP contribution in [0, 0.1) is 0 Å². The highest BCUT2D eigenvalue weighted by atomic mass is 16.2. The van der Waals surface area contributed by atoms with Gasteiger partial charge in [-0.1, -0.05) is 13.3 Å². The van der Waals surface area contributed by atoms with E-state index in [1.54, 1.807) is 0 Å². The number of carbonyl (C=O) groups excluding carboxylic acids is 1. The third kappa shape index (κ3) is 3.80. The monoisotopic (exact) mass is 193 g/mol. The maximum absolute atomic E-state index is 11.5. The van der Waals surface area contributed by atoms with Gasteiger partial charge < -0.3 is 4.90 Å². The molecule has 2 heteroatoms. The lowest BCUT2D eigenvalue weighted by Crippen LogP contribution is -2.26. The van der Waals surface area contributed by atoms with Crippen molar-refractivity contribution in [2.24, 2.45) is 0 Å². The molecule has 0 aromatic carbocycles. The zero-order valence-corrected chi connectivity index (χ0v) is 8.96. The molecule has 1 aliphatic heterocycles. The number of rotatable bonds is 4. The van der Waals surface area contributed by atoms with Crippen LogP contribution in [0.2, 0.25) is 0 Å². The molecule has 1 fully saturated rings. The van der Waals surface area contributed by atoms with Gasteiger partial charge >= 0.3 is 0 Å². The maximum Gasteiger partial charge on any atom is 0.227 e. The van der Waals surface area contributed by atoms with E-state index in [0.29, 0.717) is 6.42 Å². The Morgan fingerprint density at radius 1 is 1.36 bits per heavy atom.